The zero-order valence-electron chi connectivity index (χ0n) is 5.33. The van der Waals surface area contributed by atoms with Crippen molar-refractivity contribution in [3.63, 3.8) is 0 Å². The zero-order chi connectivity index (χ0) is 7.49. The van der Waals surface area contributed by atoms with Crippen molar-refractivity contribution in [3.8, 4) is 0 Å². The number of methoxy groups -OCH3 is 1. The van der Waals surface area contributed by atoms with Gasteiger partial charge in [0.2, 0.25) is 0 Å². The Morgan fingerprint density at radius 1 is 1.27 bits per heavy atom. The highest BCUT2D eigenvalue weighted by Crippen LogP contribution is 2.25. The van der Waals surface area contributed by atoms with Gasteiger partial charge in [-0.2, -0.15) is 13.2 Å². The fourth-order valence-corrected chi connectivity index (χ4v) is 0.344. The molecule has 0 heterocycles. The average molecular weight is 174 g/mol. The zero-order valence-corrected chi connectivity index (χ0v) is 5.33. The topological polar surface area (TPSA) is 9.23 Å². The first-order valence-electron chi connectivity index (χ1n) is 2.54. The van der Waals surface area contributed by atoms with Crippen molar-refractivity contribution in [2.45, 2.75) is 28.0 Å². The van der Waals surface area contributed by atoms with E-state index >= 15 is 0 Å². The van der Waals surface area contributed by atoms with E-state index < -0.39 is 12.1 Å². The number of halogens is 3. The molecule has 0 spiro atoms. The average Bonchev–Trinajstić information content (AvgIpc) is 1.64. The van der Waals surface area contributed by atoms with Crippen molar-refractivity contribution < 1.29 is 17.9 Å². The Morgan fingerprint density at radius 2 is 1.64 bits per heavy atom. The lowest BCUT2D eigenvalue weighted by molar-refractivity contribution is -0.180. The normalized spacial score (nSPS) is 12.8. The molecule has 0 N–H and O–H groups in total. The highest BCUT2D eigenvalue weighted by molar-refractivity contribution is 4.59. The van der Waals surface area contributed by atoms with Gasteiger partial charge in [-0.05, 0) is 0 Å². The molecule has 72 valence electrons. The molecule has 1 nitrogen and oxygen atoms in total. The van der Waals surface area contributed by atoms with E-state index in [2.05, 4.69) is 4.74 Å². The second kappa shape index (κ2) is 6.46. The molecular weight excluding hydrogens is 157 g/mol. The summed E-state index contributed by atoms with van der Waals surface area (Å²) < 4.78 is 39.0. The number of alkyl halides is 3. The summed E-state index contributed by atoms with van der Waals surface area (Å²) in [5.74, 6) is -1.36. The van der Waals surface area contributed by atoms with E-state index in [1.54, 1.807) is 0 Å². The smallest absolute Gasteiger partial charge is 0.384 e. The summed E-state index contributed by atoms with van der Waals surface area (Å²) >= 11 is 0. The number of ether oxygens (including phenoxy) is 1. The maximum Gasteiger partial charge on any atom is 0.393 e. The van der Waals surface area contributed by atoms with E-state index in [9.17, 15) is 13.2 Å². The molecule has 0 fully saturated rings. The predicted octanol–water partition coefficient (Wildman–Crippen LogP) is 3.10. The lowest BCUT2D eigenvalue weighted by atomic mass is 10.2. The van der Waals surface area contributed by atoms with Crippen LogP contribution >= 0.6 is 0 Å². The van der Waals surface area contributed by atoms with Gasteiger partial charge in [0.05, 0.1) is 12.5 Å². The molecule has 1 atom stereocenters. The fourth-order valence-electron chi connectivity index (χ4n) is 0.344. The summed E-state index contributed by atoms with van der Waals surface area (Å²) in [6.07, 6.45) is -4.12. The van der Waals surface area contributed by atoms with Crippen molar-refractivity contribution in [3.05, 3.63) is 0 Å². The maximum atomic E-state index is 11.6. The molecule has 0 saturated carbocycles. The van der Waals surface area contributed by atoms with Gasteiger partial charge in [-0.1, -0.05) is 21.8 Å². The van der Waals surface area contributed by atoms with Gasteiger partial charge < -0.3 is 4.74 Å². The molecule has 0 bridgehead atoms. The summed E-state index contributed by atoms with van der Waals surface area (Å²) in [4.78, 5) is 0. The van der Waals surface area contributed by atoms with Crippen molar-refractivity contribution in [1.29, 1.82) is 0 Å². The summed E-state index contributed by atoms with van der Waals surface area (Å²) in [6.45, 7) is 0.826. The van der Waals surface area contributed by atoms with E-state index in [0.29, 0.717) is 0 Å². The van der Waals surface area contributed by atoms with Crippen LogP contribution < -0.4 is 0 Å². The quantitative estimate of drug-likeness (QED) is 0.625. The Balaban J connectivity index is -0.000000320. The van der Waals surface area contributed by atoms with Gasteiger partial charge in [0.1, 0.15) is 0 Å². The first kappa shape index (κ1) is 17.0. The highest BCUT2D eigenvalue weighted by Gasteiger charge is 2.35. The minimum absolute atomic E-state index is 0. The van der Waals surface area contributed by atoms with Crippen molar-refractivity contribution in [2.24, 2.45) is 5.92 Å². The Kier molecular flexibility index (Phi) is 9.99. The lowest BCUT2D eigenvalue weighted by Crippen LogP contribution is -2.23. The first-order valence-corrected chi connectivity index (χ1v) is 2.54. The molecule has 0 aromatic rings. The Labute approximate surface area is 66.6 Å². The molecule has 0 aromatic heterocycles. The molecule has 0 aliphatic carbocycles. The predicted molar refractivity (Wildman–Crippen MR) is 40.6 cm³/mol. The molecule has 0 aliphatic rings. The summed E-state index contributed by atoms with van der Waals surface area (Å²) in [5.41, 5.74) is 0. The van der Waals surface area contributed by atoms with Gasteiger partial charge in [-0.15, -0.1) is 0 Å². The Morgan fingerprint density at radius 3 is 1.73 bits per heavy atom. The van der Waals surface area contributed by atoms with E-state index in [1.165, 1.54) is 7.11 Å². The molecule has 0 amide bonds. The summed E-state index contributed by atoms with van der Waals surface area (Å²) in [6, 6.07) is 0. The molecule has 1 unspecified atom stereocenters. The molecule has 11 heavy (non-hydrogen) atoms. The van der Waals surface area contributed by atoms with Gasteiger partial charge in [-0.3, -0.25) is 0 Å². The third-order valence-electron chi connectivity index (χ3n) is 0.975. The Hall–Kier alpha value is -0.250. The molecule has 0 aromatic carbocycles. The van der Waals surface area contributed by atoms with Gasteiger partial charge in [-0.25, -0.2) is 0 Å². The van der Waals surface area contributed by atoms with Crippen LogP contribution in [0.4, 0.5) is 13.2 Å². The summed E-state index contributed by atoms with van der Waals surface area (Å²) in [7, 11) is 1.25. The van der Waals surface area contributed by atoms with Crippen molar-refractivity contribution >= 4 is 0 Å². The van der Waals surface area contributed by atoms with Crippen LogP contribution in [-0.4, -0.2) is 19.9 Å². The molecular formula is C7H17F3O. The molecule has 0 aliphatic heterocycles. The SMILES string of the molecule is C.C.COCC(C)C(F)(F)F. The van der Waals surface area contributed by atoms with Crippen LogP contribution in [0.2, 0.25) is 0 Å². The van der Waals surface area contributed by atoms with Crippen LogP contribution in [0.3, 0.4) is 0 Å². The van der Waals surface area contributed by atoms with E-state index in [4.69, 9.17) is 0 Å². The molecule has 0 rings (SSSR count). The number of hydrogen-bond acceptors (Lipinski definition) is 1. The minimum Gasteiger partial charge on any atom is -0.384 e. The standard InChI is InChI=1S/C5H9F3O.2CH4/c1-4(3-9-2)5(6,7)8;;/h4H,3H2,1-2H3;2*1H4. The van der Waals surface area contributed by atoms with Crippen LogP contribution in [0, 0.1) is 5.92 Å². The van der Waals surface area contributed by atoms with Crippen LogP contribution in [0.5, 0.6) is 0 Å². The molecule has 4 heteroatoms. The van der Waals surface area contributed by atoms with Gasteiger partial charge in [0.25, 0.3) is 0 Å². The highest BCUT2D eigenvalue weighted by atomic mass is 19.4. The number of hydrogen-bond donors (Lipinski definition) is 0. The van der Waals surface area contributed by atoms with Crippen LogP contribution in [0.25, 0.3) is 0 Å². The van der Waals surface area contributed by atoms with E-state index in [1.807, 2.05) is 0 Å². The van der Waals surface area contributed by atoms with Crippen molar-refractivity contribution in [2.75, 3.05) is 13.7 Å². The maximum absolute atomic E-state index is 11.6. The largest absolute Gasteiger partial charge is 0.393 e. The van der Waals surface area contributed by atoms with Crippen LogP contribution in [0.15, 0.2) is 0 Å². The second-order valence-electron chi connectivity index (χ2n) is 1.90. The van der Waals surface area contributed by atoms with Gasteiger partial charge in [0, 0.05) is 7.11 Å². The third kappa shape index (κ3) is 7.65. The third-order valence-corrected chi connectivity index (χ3v) is 0.975. The van der Waals surface area contributed by atoms with Crippen LogP contribution in [-0.2, 0) is 4.74 Å². The molecule has 0 radical (unpaired) electrons. The van der Waals surface area contributed by atoms with Gasteiger partial charge in [0.15, 0.2) is 0 Å². The lowest BCUT2D eigenvalue weighted by Gasteiger charge is -2.13. The van der Waals surface area contributed by atoms with E-state index in [-0.39, 0.29) is 21.5 Å². The molecule has 0 saturated heterocycles. The number of rotatable bonds is 2. The fraction of sp³-hybridized carbons (Fsp3) is 1.00. The van der Waals surface area contributed by atoms with Gasteiger partial charge >= 0.3 is 6.18 Å². The van der Waals surface area contributed by atoms with E-state index in [0.717, 1.165) is 6.92 Å². The van der Waals surface area contributed by atoms with Crippen LogP contribution in [0.1, 0.15) is 21.8 Å². The monoisotopic (exact) mass is 174 g/mol. The minimum atomic E-state index is -4.12. The summed E-state index contributed by atoms with van der Waals surface area (Å²) in [5, 5.41) is 0. The second-order valence-corrected chi connectivity index (χ2v) is 1.90. The first-order chi connectivity index (χ1) is 3.98. The Bertz CT molecular complexity index is 80.2. The van der Waals surface area contributed by atoms with Crippen molar-refractivity contribution in [1.82, 2.24) is 0 Å².